The molecule has 0 spiro atoms. The average molecular weight is 278 g/mol. The Bertz CT molecular complexity index is 494. The van der Waals surface area contributed by atoms with Gasteiger partial charge in [0.2, 0.25) is 5.88 Å². The highest BCUT2D eigenvalue weighted by Gasteiger charge is 2.24. The van der Waals surface area contributed by atoms with Crippen LogP contribution in [0.15, 0.2) is 12.1 Å². The van der Waals surface area contributed by atoms with E-state index in [9.17, 15) is 4.79 Å². The third kappa shape index (κ3) is 3.85. The SMILES string of the molecule is COc1ccc2c(n1)CCC(NC(=O)OC(C)(C)C)C2. The van der Waals surface area contributed by atoms with Gasteiger partial charge in [0.25, 0.3) is 0 Å². The number of methoxy groups -OCH3 is 1. The lowest BCUT2D eigenvalue weighted by Crippen LogP contribution is -2.42. The monoisotopic (exact) mass is 278 g/mol. The van der Waals surface area contributed by atoms with Crippen LogP contribution in [-0.2, 0) is 17.6 Å². The zero-order valence-electron chi connectivity index (χ0n) is 12.5. The van der Waals surface area contributed by atoms with Gasteiger partial charge in [-0.05, 0) is 45.6 Å². The van der Waals surface area contributed by atoms with Gasteiger partial charge in [-0.1, -0.05) is 6.07 Å². The van der Waals surface area contributed by atoms with Crippen molar-refractivity contribution in [2.24, 2.45) is 0 Å². The van der Waals surface area contributed by atoms with E-state index in [4.69, 9.17) is 9.47 Å². The van der Waals surface area contributed by atoms with Crippen molar-refractivity contribution < 1.29 is 14.3 Å². The summed E-state index contributed by atoms with van der Waals surface area (Å²) in [6.45, 7) is 5.58. The Kier molecular flexibility index (Phi) is 4.16. The molecule has 0 saturated heterocycles. The number of rotatable bonds is 2. The minimum Gasteiger partial charge on any atom is -0.481 e. The maximum absolute atomic E-state index is 11.8. The van der Waals surface area contributed by atoms with Gasteiger partial charge in [-0.2, -0.15) is 0 Å². The van der Waals surface area contributed by atoms with Crippen molar-refractivity contribution in [3.63, 3.8) is 0 Å². The van der Waals surface area contributed by atoms with Crippen molar-refractivity contribution in [3.05, 3.63) is 23.4 Å². The minimum absolute atomic E-state index is 0.104. The predicted molar refractivity (Wildman–Crippen MR) is 76.0 cm³/mol. The summed E-state index contributed by atoms with van der Waals surface area (Å²) in [6, 6.07) is 3.98. The summed E-state index contributed by atoms with van der Waals surface area (Å²) in [5, 5.41) is 2.92. The zero-order chi connectivity index (χ0) is 14.8. The summed E-state index contributed by atoms with van der Waals surface area (Å²) in [4.78, 5) is 16.2. The second-order valence-corrected chi connectivity index (χ2v) is 6.05. The number of aryl methyl sites for hydroxylation is 1. The second-order valence-electron chi connectivity index (χ2n) is 6.05. The van der Waals surface area contributed by atoms with Crippen LogP contribution in [0.4, 0.5) is 4.79 Å². The molecule has 5 heteroatoms. The van der Waals surface area contributed by atoms with Crippen molar-refractivity contribution in [1.29, 1.82) is 0 Å². The number of alkyl carbamates (subject to hydrolysis) is 1. The van der Waals surface area contributed by atoms with E-state index in [0.717, 1.165) is 30.5 Å². The van der Waals surface area contributed by atoms with Crippen LogP contribution in [0.3, 0.4) is 0 Å². The molecule has 1 aliphatic carbocycles. The van der Waals surface area contributed by atoms with Gasteiger partial charge in [-0.25, -0.2) is 9.78 Å². The molecule has 0 aromatic carbocycles. The number of hydrogen-bond acceptors (Lipinski definition) is 4. The molecule has 0 saturated carbocycles. The van der Waals surface area contributed by atoms with Gasteiger partial charge in [0, 0.05) is 17.8 Å². The fourth-order valence-corrected chi connectivity index (χ4v) is 2.30. The van der Waals surface area contributed by atoms with Crippen molar-refractivity contribution >= 4 is 6.09 Å². The lowest BCUT2D eigenvalue weighted by atomic mass is 9.92. The summed E-state index contributed by atoms with van der Waals surface area (Å²) in [5.74, 6) is 0.641. The van der Waals surface area contributed by atoms with Crippen molar-refractivity contribution in [1.82, 2.24) is 10.3 Å². The largest absolute Gasteiger partial charge is 0.481 e. The third-order valence-electron chi connectivity index (χ3n) is 3.17. The Morgan fingerprint density at radius 1 is 1.40 bits per heavy atom. The van der Waals surface area contributed by atoms with Gasteiger partial charge in [0.05, 0.1) is 7.11 Å². The molecule has 5 nitrogen and oxygen atoms in total. The molecule has 110 valence electrons. The van der Waals surface area contributed by atoms with Crippen LogP contribution < -0.4 is 10.1 Å². The molecule has 0 fully saturated rings. The van der Waals surface area contributed by atoms with Crippen molar-refractivity contribution in [2.45, 2.75) is 51.7 Å². The van der Waals surface area contributed by atoms with E-state index >= 15 is 0 Å². The highest BCUT2D eigenvalue weighted by atomic mass is 16.6. The predicted octanol–water partition coefficient (Wildman–Crippen LogP) is 2.47. The summed E-state index contributed by atoms with van der Waals surface area (Å²) >= 11 is 0. The molecular formula is C15H22N2O3. The molecule has 2 rings (SSSR count). The molecule has 1 aromatic heterocycles. The molecule has 1 heterocycles. The van der Waals surface area contributed by atoms with Crippen LogP contribution in [0, 0.1) is 0 Å². The van der Waals surface area contributed by atoms with E-state index in [-0.39, 0.29) is 12.1 Å². The van der Waals surface area contributed by atoms with Crippen molar-refractivity contribution in [3.8, 4) is 5.88 Å². The van der Waals surface area contributed by atoms with Gasteiger partial charge >= 0.3 is 6.09 Å². The molecule has 0 bridgehead atoms. The molecule has 1 amide bonds. The van der Waals surface area contributed by atoms with Crippen LogP contribution in [0.5, 0.6) is 5.88 Å². The maximum Gasteiger partial charge on any atom is 0.407 e. The first-order valence-electron chi connectivity index (χ1n) is 6.89. The molecule has 0 radical (unpaired) electrons. The minimum atomic E-state index is -0.467. The number of fused-ring (bicyclic) bond motifs is 1. The average Bonchev–Trinajstić information content (AvgIpc) is 2.35. The van der Waals surface area contributed by atoms with E-state index < -0.39 is 5.60 Å². The molecule has 1 unspecified atom stereocenters. The highest BCUT2D eigenvalue weighted by Crippen LogP contribution is 2.22. The van der Waals surface area contributed by atoms with Gasteiger partial charge in [-0.15, -0.1) is 0 Å². The van der Waals surface area contributed by atoms with Crippen molar-refractivity contribution in [2.75, 3.05) is 7.11 Å². The van der Waals surface area contributed by atoms with Crippen LogP contribution in [-0.4, -0.2) is 29.8 Å². The first-order chi connectivity index (χ1) is 9.37. The smallest absolute Gasteiger partial charge is 0.407 e. The summed E-state index contributed by atoms with van der Waals surface area (Å²) in [7, 11) is 1.62. The van der Waals surface area contributed by atoms with Gasteiger partial charge in [0.1, 0.15) is 5.60 Å². The number of carbonyl (C=O) groups is 1. The lowest BCUT2D eigenvalue weighted by Gasteiger charge is -2.27. The van der Waals surface area contributed by atoms with Crippen LogP contribution >= 0.6 is 0 Å². The van der Waals surface area contributed by atoms with E-state index in [1.165, 1.54) is 0 Å². The Labute approximate surface area is 119 Å². The normalized spacial score (nSPS) is 18.1. The third-order valence-corrected chi connectivity index (χ3v) is 3.17. The summed E-state index contributed by atoms with van der Waals surface area (Å²) in [6.07, 6.45) is 2.14. The standard InChI is InChI=1S/C15H22N2O3/c1-15(2,3)20-14(18)16-11-6-7-12-10(9-11)5-8-13(17-12)19-4/h5,8,11H,6-7,9H2,1-4H3,(H,16,18). The van der Waals surface area contributed by atoms with Crippen LogP contribution in [0.2, 0.25) is 0 Å². The number of pyridine rings is 1. The molecule has 1 atom stereocenters. The topological polar surface area (TPSA) is 60.5 Å². The molecule has 0 aliphatic heterocycles. The molecular weight excluding hydrogens is 256 g/mol. The first-order valence-corrected chi connectivity index (χ1v) is 6.89. The number of carbonyl (C=O) groups excluding carboxylic acids is 1. The lowest BCUT2D eigenvalue weighted by molar-refractivity contribution is 0.0500. The molecule has 1 N–H and O–H groups in total. The molecule has 1 aromatic rings. The number of nitrogens with zero attached hydrogens (tertiary/aromatic N) is 1. The number of aromatic nitrogens is 1. The Balaban J connectivity index is 1.96. The van der Waals surface area contributed by atoms with Gasteiger partial charge < -0.3 is 14.8 Å². The first kappa shape index (κ1) is 14.6. The Morgan fingerprint density at radius 3 is 2.80 bits per heavy atom. The number of nitrogens with one attached hydrogen (secondary N) is 1. The zero-order valence-corrected chi connectivity index (χ0v) is 12.5. The number of amides is 1. The van der Waals surface area contributed by atoms with E-state index in [1.807, 2.05) is 32.9 Å². The van der Waals surface area contributed by atoms with E-state index in [2.05, 4.69) is 10.3 Å². The van der Waals surface area contributed by atoms with Crippen LogP contribution in [0.1, 0.15) is 38.4 Å². The fraction of sp³-hybridized carbons (Fsp3) is 0.600. The second kappa shape index (κ2) is 5.69. The Morgan fingerprint density at radius 2 is 2.15 bits per heavy atom. The summed E-state index contributed by atoms with van der Waals surface area (Å²) in [5.41, 5.74) is 1.76. The fourth-order valence-electron chi connectivity index (χ4n) is 2.30. The quantitative estimate of drug-likeness (QED) is 0.902. The van der Waals surface area contributed by atoms with E-state index in [0.29, 0.717) is 5.88 Å². The molecule has 20 heavy (non-hydrogen) atoms. The van der Waals surface area contributed by atoms with Crippen LogP contribution in [0.25, 0.3) is 0 Å². The number of ether oxygens (including phenoxy) is 2. The number of hydrogen-bond donors (Lipinski definition) is 1. The Hall–Kier alpha value is -1.78. The highest BCUT2D eigenvalue weighted by molar-refractivity contribution is 5.68. The van der Waals surface area contributed by atoms with Gasteiger partial charge in [-0.3, -0.25) is 0 Å². The van der Waals surface area contributed by atoms with Gasteiger partial charge in [0.15, 0.2) is 0 Å². The maximum atomic E-state index is 11.8. The van der Waals surface area contributed by atoms with E-state index in [1.54, 1.807) is 7.11 Å². The summed E-state index contributed by atoms with van der Waals surface area (Å²) < 4.78 is 10.4. The molecule has 1 aliphatic rings.